The number of hydrogen-bond donors (Lipinski definition) is 1. The zero-order valence-electron chi connectivity index (χ0n) is 11.9. The van der Waals surface area contributed by atoms with Crippen molar-refractivity contribution >= 4 is 11.6 Å². The quantitative estimate of drug-likeness (QED) is 0.877. The molecule has 3 heteroatoms. The summed E-state index contributed by atoms with van der Waals surface area (Å²) >= 11 is 5.94. The lowest BCUT2D eigenvalue weighted by Crippen LogP contribution is -2.33. The summed E-state index contributed by atoms with van der Waals surface area (Å²) in [7, 11) is 0. The third-order valence-corrected chi connectivity index (χ3v) is 4.16. The highest BCUT2D eigenvalue weighted by Gasteiger charge is 2.37. The highest BCUT2D eigenvalue weighted by Crippen LogP contribution is 2.41. The van der Waals surface area contributed by atoms with E-state index in [4.69, 9.17) is 11.6 Å². The number of nitrogens with zero attached hydrogens (tertiary/aromatic N) is 1. The Kier molecular flexibility index (Phi) is 4.79. The molecule has 0 bridgehead atoms. The smallest absolute Gasteiger partial charge is 0.0977 e. The molecule has 0 radical (unpaired) electrons. The predicted molar refractivity (Wildman–Crippen MR) is 82.9 cm³/mol. The molecule has 0 aliphatic heterocycles. The fourth-order valence-electron chi connectivity index (χ4n) is 2.76. The van der Waals surface area contributed by atoms with Crippen molar-refractivity contribution in [3.63, 3.8) is 0 Å². The second-order valence-electron chi connectivity index (χ2n) is 5.00. The molecule has 1 N–H and O–H groups in total. The summed E-state index contributed by atoms with van der Waals surface area (Å²) < 4.78 is 0. The Labute approximate surface area is 125 Å². The molecule has 1 aromatic heterocycles. The van der Waals surface area contributed by atoms with Crippen LogP contribution in [0.25, 0.3) is 0 Å². The summed E-state index contributed by atoms with van der Waals surface area (Å²) in [6.45, 7) is 4.08. The molecule has 2 nitrogen and oxygen atoms in total. The first-order valence-electron chi connectivity index (χ1n) is 7.01. The van der Waals surface area contributed by atoms with Gasteiger partial charge in [0.1, 0.15) is 0 Å². The molecule has 0 saturated heterocycles. The maximum atomic E-state index is 11.2. The molecule has 0 spiro atoms. The zero-order chi connectivity index (χ0) is 14.6. The first kappa shape index (κ1) is 15.0. The van der Waals surface area contributed by atoms with E-state index in [1.807, 2.05) is 49.4 Å². The van der Waals surface area contributed by atoms with Crippen molar-refractivity contribution in [1.29, 1.82) is 0 Å². The van der Waals surface area contributed by atoms with Crippen LogP contribution in [-0.2, 0) is 5.60 Å². The first-order chi connectivity index (χ1) is 9.61. The van der Waals surface area contributed by atoms with Crippen LogP contribution in [0.15, 0.2) is 48.7 Å². The third-order valence-electron chi connectivity index (χ3n) is 3.91. The molecule has 106 valence electrons. The summed E-state index contributed by atoms with van der Waals surface area (Å²) in [5, 5.41) is 11.9. The van der Waals surface area contributed by atoms with Gasteiger partial charge in [-0.25, -0.2) is 0 Å². The van der Waals surface area contributed by atoms with Gasteiger partial charge in [0.25, 0.3) is 0 Å². The predicted octanol–water partition coefficient (Wildman–Crippen LogP) is 4.53. The normalized spacial score (nSPS) is 15.6. The minimum atomic E-state index is -0.923. The Morgan fingerprint density at radius 1 is 1.15 bits per heavy atom. The largest absolute Gasteiger partial charge is 0.384 e. The van der Waals surface area contributed by atoms with Crippen LogP contribution in [-0.4, -0.2) is 10.1 Å². The van der Waals surface area contributed by atoms with Crippen LogP contribution in [0, 0.1) is 0 Å². The van der Waals surface area contributed by atoms with Crippen molar-refractivity contribution in [3.8, 4) is 0 Å². The Bertz CT molecular complexity index is 541. The van der Waals surface area contributed by atoms with Crippen molar-refractivity contribution in [2.45, 2.75) is 38.2 Å². The average molecular weight is 290 g/mol. The number of aliphatic hydroxyl groups is 1. The van der Waals surface area contributed by atoms with Crippen LogP contribution in [0.4, 0.5) is 0 Å². The SMILES string of the molecule is CC[C@@H](c1ccccn1)[C@@](O)(CC)c1ccc(Cl)cc1. The summed E-state index contributed by atoms with van der Waals surface area (Å²) in [5.41, 5.74) is 0.893. The van der Waals surface area contributed by atoms with Gasteiger partial charge in [-0.3, -0.25) is 4.98 Å². The van der Waals surface area contributed by atoms with E-state index in [0.717, 1.165) is 17.7 Å². The summed E-state index contributed by atoms with van der Waals surface area (Å²) in [5.74, 6) is -0.0325. The number of pyridine rings is 1. The van der Waals surface area contributed by atoms with E-state index in [2.05, 4.69) is 11.9 Å². The number of rotatable bonds is 5. The van der Waals surface area contributed by atoms with Gasteiger partial charge in [-0.1, -0.05) is 43.6 Å². The minimum Gasteiger partial charge on any atom is -0.384 e. The molecule has 0 aliphatic rings. The van der Waals surface area contributed by atoms with Gasteiger partial charge in [0.15, 0.2) is 0 Å². The molecule has 1 heterocycles. The van der Waals surface area contributed by atoms with Crippen LogP contribution >= 0.6 is 11.6 Å². The van der Waals surface area contributed by atoms with Crippen molar-refractivity contribution < 1.29 is 5.11 Å². The second-order valence-corrected chi connectivity index (χ2v) is 5.44. The minimum absolute atomic E-state index is 0.0325. The van der Waals surface area contributed by atoms with Gasteiger partial charge in [-0.2, -0.15) is 0 Å². The topological polar surface area (TPSA) is 33.1 Å². The van der Waals surface area contributed by atoms with Crippen LogP contribution in [0.1, 0.15) is 43.9 Å². The fraction of sp³-hybridized carbons (Fsp3) is 0.353. The second kappa shape index (κ2) is 6.38. The van der Waals surface area contributed by atoms with Gasteiger partial charge >= 0.3 is 0 Å². The van der Waals surface area contributed by atoms with Crippen molar-refractivity contribution in [1.82, 2.24) is 4.98 Å². The average Bonchev–Trinajstić information content (AvgIpc) is 2.49. The van der Waals surface area contributed by atoms with Crippen LogP contribution in [0.3, 0.4) is 0 Å². The molecule has 2 aromatic rings. The fourth-order valence-corrected chi connectivity index (χ4v) is 2.89. The maximum absolute atomic E-state index is 11.2. The summed E-state index contributed by atoms with van der Waals surface area (Å²) in [4.78, 5) is 4.42. The van der Waals surface area contributed by atoms with Crippen LogP contribution in [0.5, 0.6) is 0 Å². The Morgan fingerprint density at radius 2 is 1.85 bits per heavy atom. The first-order valence-corrected chi connectivity index (χ1v) is 7.39. The van der Waals surface area contributed by atoms with Gasteiger partial charge in [0.2, 0.25) is 0 Å². The molecule has 2 rings (SSSR count). The highest BCUT2D eigenvalue weighted by atomic mass is 35.5. The van der Waals surface area contributed by atoms with E-state index >= 15 is 0 Å². The lowest BCUT2D eigenvalue weighted by atomic mass is 9.76. The monoisotopic (exact) mass is 289 g/mol. The van der Waals surface area contributed by atoms with Crippen LogP contribution in [0.2, 0.25) is 5.02 Å². The number of halogens is 1. The van der Waals surface area contributed by atoms with Crippen molar-refractivity contribution in [2.75, 3.05) is 0 Å². The van der Waals surface area contributed by atoms with Gasteiger partial charge < -0.3 is 5.11 Å². The molecule has 0 unspecified atom stereocenters. The molecular formula is C17H20ClNO. The standard InChI is InChI=1S/C17H20ClNO/c1-3-15(16-7-5-6-12-19-16)17(20,4-2)13-8-10-14(18)11-9-13/h5-12,15,20H,3-4H2,1-2H3/t15-,17+/m0/s1. The molecule has 0 saturated carbocycles. The number of hydrogen-bond acceptors (Lipinski definition) is 2. The zero-order valence-corrected chi connectivity index (χ0v) is 12.6. The molecular weight excluding hydrogens is 270 g/mol. The van der Waals surface area contributed by atoms with E-state index in [9.17, 15) is 5.11 Å². The Morgan fingerprint density at radius 3 is 2.35 bits per heavy atom. The summed E-state index contributed by atoms with van der Waals surface area (Å²) in [6.07, 6.45) is 3.23. The molecule has 0 amide bonds. The molecule has 20 heavy (non-hydrogen) atoms. The van der Waals surface area contributed by atoms with E-state index < -0.39 is 5.60 Å². The highest BCUT2D eigenvalue weighted by molar-refractivity contribution is 6.30. The van der Waals surface area contributed by atoms with Crippen molar-refractivity contribution in [2.24, 2.45) is 0 Å². The van der Waals surface area contributed by atoms with E-state index in [1.165, 1.54) is 0 Å². The van der Waals surface area contributed by atoms with Crippen molar-refractivity contribution in [3.05, 3.63) is 64.9 Å². The van der Waals surface area contributed by atoms with Gasteiger partial charge in [-0.15, -0.1) is 0 Å². The molecule has 0 fully saturated rings. The lowest BCUT2D eigenvalue weighted by Gasteiger charge is -2.35. The maximum Gasteiger partial charge on any atom is 0.0977 e. The van der Waals surface area contributed by atoms with Crippen LogP contribution < -0.4 is 0 Å². The Balaban J connectivity index is 2.45. The van der Waals surface area contributed by atoms with E-state index in [-0.39, 0.29) is 5.92 Å². The number of benzene rings is 1. The van der Waals surface area contributed by atoms with Gasteiger partial charge in [0.05, 0.1) is 5.60 Å². The Hall–Kier alpha value is -1.38. The third kappa shape index (κ3) is 2.87. The number of aromatic nitrogens is 1. The van der Waals surface area contributed by atoms with Gasteiger partial charge in [0, 0.05) is 22.8 Å². The lowest BCUT2D eigenvalue weighted by molar-refractivity contribution is 0.000195. The van der Waals surface area contributed by atoms with E-state index in [0.29, 0.717) is 11.4 Å². The summed E-state index contributed by atoms with van der Waals surface area (Å²) in [6, 6.07) is 13.3. The van der Waals surface area contributed by atoms with Gasteiger partial charge in [-0.05, 0) is 42.7 Å². The molecule has 1 aromatic carbocycles. The molecule has 0 aliphatic carbocycles. The van der Waals surface area contributed by atoms with E-state index in [1.54, 1.807) is 6.20 Å². The molecule has 2 atom stereocenters.